The summed E-state index contributed by atoms with van der Waals surface area (Å²) in [7, 11) is 0. The first-order chi connectivity index (χ1) is 7.24. The average Bonchev–Trinajstić information content (AvgIpc) is 2.25. The standard InChI is InChI=1S/C11H14BrNO2/c1-2-3-4-7-15-11(14)9-5-6-10(12)13-8-9/h5-6,8H,2-4,7H2,1H3. The summed E-state index contributed by atoms with van der Waals surface area (Å²) in [6, 6.07) is 3.42. The van der Waals surface area contributed by atoms with Gasteiger partial charge in [0.15, 0.2) is 0 Å². The zero-order valence-corrected chi connectivity index (χ0v) is 10.3. The van der Waals surface area contributed by atoms with Crippen LogP contribution in [0.3, 0.4) is 0 Å². The Morgan fingerprint density at radius 1 is 1.47 bits per heavy atom. The summed E-state index contributed by atoms with van der Waals surface area (Å²) >= 11 is 3.20. The van der Waals surface area contributed by atoms with E-state index in [2.05, 4.69) is 27.8 Å². The number of rotatable bonds is 5. The highest BCUT2D eigenvalue weighted by Crippen LogP contribution is 2.07. The number of pyridine rings is 1. The van der Waals surface area contributed by atoms with Crippen LogP contribution in [0.15, 0.2) is 22.9 Å². The van der Waals surface area contributed by atoms with Crippen LogP contribution in [0.5, 0.6) is 0 Å². The van der Waals surface area contributed by atoms with Gasteiger partial charge in [-0.25, -0.2) is 9.78 Å². The van der Waals surface area contributed by atoms with Crippen molar-refractivity contribution in [2.45, 2.75) is 26.2 Å². The summed E-state index contributed by atoms with van der Waals surface area (Å²) < 4.78 is 5.79. The van der Waals surface area contributed by atoms with Crippen molar-refractivity contribution in [1.29, 1.82) is 0 Å². The normalized spacial score (nSPS) is 10.0. The number of ether oxygens (including phenoxy) is 1. The Morgan fingerprint density at radius 2 is 2.27 bits per heavy atom. The number of carbonyl (C=O) groups excluding carboxylic acids is 1. The molecule has 3 nitrogen and oxygen atoms in total. The third-order valence-corrected chi connectivity index (χ3v) is 2.41. The molecule has 0 saturated carbocycles. The first-order valence-corrected chi connectivity index (χ1v) is 5.82. The van der Waals surface area contributed by atoms with Crippen molar-refractivity contribution >= 4 is 21.9 Å². The van der Waals surface area contributed by atoms with Gasteiger partial charge in [-0.3, -0.25) is 0 Å². The fourth-order valence-corrected chi connectivity index (χ4v) is 1.33. The van der Waals surface area contributed by atoms with Crippen molar-refractivity contribution < 1.29 is 9.53 Å². The maximum Gasteiger partial charge on any atom is 0.339 e. The Morgan fingerprint density at radius 3 is 2.87 bits per heavy atom. The summed E-state index contributed by atoms with van der Waals surface area (Å²) in [5.74, 6) is -0.300. The van der Waals surface area contributed by atoms with Crippen LogP contribution in [-0.2, 0) is 4.74 Å². The Balaban J connectivity index is 2.37. The lowest BCUT2D eigenvalue weighted by molar-refractivity contribution is 0.0497. The van der Waals surface area contributed by atoms with Crippen LogP contribution >= 0.6 is 15.9 Å². The number of hydrogen-bond acceptors (Lipinski definition) is 3. The molecule has 0 aliphatic carbocycles. The number of unbranched alkanes of at least 4 members (excludes halogenated alkanes) is 2. The molecule has 0 bridgehead atoms. The molecule has 15 heavy (non-hydrogen) atoms. The van der Waals surface area contributed by atoms with E-state index in [0.29, 0.717) is 16.8 Å². The number of aromatic nitrogens is 1. The highest BCUT2D eigenvalue weighted by Gasteiger charge is 2.06. The van der Waals surface area contributed by atoms with Crippen LogP contribution < -0.4 is 0 Å². The molecule has 0 saturated heterocycles. The van der Waals surface area contributed by atoms with Gasteiger partial charge in [0, 0.05) is 6.20 Å². The molecule has 0 spiro atoms. The summed E-state index contributed by atoms with van der Waals surface area (Å²) in [6.07, 6.45) is 4.64. The Bertz CT molecular complexity index is 311. The van der Waals surface area contributed by atoms with Crippen molar-refractivity contribution in [1.82, 2.24) is 4.98 Å². The molecular formula is C11H14BrNO2. The average molecular weight is 272 g/mol. The highest BCUT2D eigenvalue weighted by molar-refractivity contribution is 9.10. The van der Waals surface area contributed by atoms with Crippen LogP contribution in [0.25, 0.3) is 0 Å². The van der Waals surface area contributed by atoms with Crippen LogP contribution in [0.4, 0.5) is 0 Å². The third-order valence-electron chi connectivity index (χ3n) is 1.94. The van der Waals surface area contributed by atoms with Crippen LogP contribution in [0.1, 0.15) is 36.5 Å². The molecule has 0 unspecified atom stereocenters. The van der Waals surface area contributed by atoms with E-state index in [9.17, 15) is 4.79 Å². The third kappa shape index (κ3) is 4.42. The van der Waals surface area contributed by atoms with E-state index in [-0.39, 0.29) is 5.97 Å². The lowest BCUT2D eigenvalue weighted by Crippen LogP contribution is -2.06. The smallest absolute Gasteiger partial charge is 0.339 e. The predicted molar refractivity (Wildman–Crippen MR) is 61.7 cm³/mol. The van der Waals surface area contributed by atoms with E-state index in [1.54, 1.807) is 12.1 Å². The van der Waals surface area contributed by atoms with Gasteiger partial charge in [-0.1, -0.05) is 19.8 Å². The fraction of sp³-hybridized carbons (Fsp3) is 0.455. The van der Waals surface area contributed by atoms with E-state index in [1.807, 2.05) is 0 Å². The summed E-state index contributed by atoms with van der Waals surface area (Å²) in [4.78, 5) is 15.4. The zero-order valence-electron chi connectivity index (χ0n) is 8.70. The largest absolute Gasteiger partial charge is 0.462 e. The Hall–Kier alpha value is -0.900. The van der Waals surface area contributed by atoms with Gasteiger partial charge >= 0.3 is 5.97 Å². The van der Waals surface area contributed by atoms with Crippen molar-refractivity contribution in [2.24, 2.45) is 0 Å². The summed E-state index contributed by atoms with van der Waals surface area (Å²) in [6.45, 7) is 2.60. The molecule has 1 rings (SSSR count). The van der Waals surface area contributed by atoms with E-state index in [4.69, 9.17) is 4.74 Å². The lowest BCUT2D eigenvalue weighted by Gasteiger charge is -2.03. The molecule has 1 aromatic heterocycles. The van der Waals surface area contributed by atoms with Gasteiger partial charge in [-0.05, 0) is 34.5 Å². The number of esters is 1. The molecular weight excluding hydrogens is 258 g/mol. The van der Waals surface area contributed by atoms with E-state index < -0.39 is 0 Å². The molecule has 1 heterocycles. The van der Waals surface area contributed by atoms with Gasteiger partial charge in [0.05, 0.1) is 12.2 Å². The first-order valence-electron chi connectivity index (χ1n) is 5.02. The second-order valence-electron chi connectivity index (χ2n) is 3.21. The van der Waals surface area contributed by atoms with Crippen LogP contribution in [0, 0.1) is 0 Å². The number of halogens is 1. The topological polar surface area (TPSA) is 39.2 Å². The zero-order chi connectivity index (χ0) is 11.1. The minimum Gasteiger partial charge on any atom is -0.462 e. The van der Waals surface area contributed by atoms with Crippen LogP contribution in [0.2, 0.25) is 0 Å². The molecule has 0 atom stereocenters. The monoisotopic (exact) mass is 271 g/mol. The van der Waals surface area contributed by atoms with Gasteiger partial charge in [0.1, 0.15) is 4.60 Å². The van der Waals surface area contributed by atoms with Crippen molar-refractivity contribution in [3.05, 3.63) is 28.5 Å². The summed E-state index contributed by atoms with van der Waals surface area (Å²) in [5, 5.41) is 0. The molecule has 82 valence electrons. The fourth-order valence-electron chi connectivity index (χ4n) is 1.10. The van der Waals surface area contributed by atoms with Crippen LogP contribution in [-0.4, -0.2) is 17.6 Å². The quantitative estimate of drug-likeness (QED) is 0.469. The molecule has 0 aliphatic heterocycles. The lowest BCUT2D eigenvalue weighted by atomic mass is 10.2. The van der Waals surface area contributed by atoms with Gasteiger partial charge in [-0.2, -0.15) is 0 Å². The number of hydrogen-bond donors (Lipinski definition) is 0. The van der Waals surface area contributed by atoms with E-state index in [0.717, 1.165) is 19.3 Å². The van der Waals surface area contributed by atoms with E-state index in [1.165, 1.54) is 6.20 Å². The van der Waals surface area contributed by atoms with Gasteiger partial charge in [0.25, 0.3) is 0 Å². The minimum atomic E-state index is -0.300. The van der Waals surface area contributed by atoms with E-state index >= 15 is 0 Å². The molecule has 0 aromatic carbocycles. The Kier molecular flexibility index (Phi) is 5.32. The molecule has 1 aromatic rings. The highest BCUT2D eigenvalue weighted by atomic mass is 79.9. The molecule has 0 radical (unpaired) electrons. The molecule has 0 amide bonds. The first kappa shape index (κ1) is 12.2. The second kappa shape index (κ2) is 6.56. The number of carbonyl (C=O) groups is 1. The Labute approximate surface area is 98.0 Å². The van der Waals surface area contributed by atoms with Crippen molar-refractivity contribution in [2.75, 3.05) is 6.61 Å². The maximum atomic E-state index is 11.4. The molecule has 0 N–H and O–H groups in total. The SMILES string of the molecule is CCCCCOC(=O)c1ccc(Br)nc1. The number of nitrogens with zero attached hydrogens (tertiary/aromatic N) is 1. The minimum absolute atomic E-state index is 0.300. The summed E-state index contributed by atoms with van der Waals surface area (Å²) in [5.41, 5.74) is 0.495. The van der Waals surface area contributed by atoms with Gasteiger partial charge < -0.3 is 4.74 Å². The maximum absolute atomic E-state index is 11.4. The second-order valence-corrected chi connectivity index (χ2v) is 4.03. The molecule has 4 heteroatoms. The molecule has 0 aliphatic rings. The molecule has 0 fully saturated rings. The predicted octanol–water partition coefficient (Wildman–Crippen LogP) is 3.19. The van der Waals surface area contributed by atoms with Crippen molar-refractivity contribution in [3.8, 4) is 0 Å². The van der Waals surface area contributed by atoms with Gasteiger partial charge in [-0.15, -0.1) is 0 Å². The van der Waals surface area contributed by atoms with Crippen molar-refractivity contribution in [3.63, 3.8) is 0 Å². The van der Waals surface area contributed by atoms with Gasteiger partial charge in [0.2, 0.25) is 0 Å².